The minimum absolute atomic E-state index is 0.149. The van der Waals surface area contributed by atoms with Gasteiger partial charge in [-0.1, -0.05) is 13.3 Å². The highest BCUT2D eigenvalue weighted by Gasteiger charge is 2.10. The lowest BCUT2D eigenvalue weighted by Crippen LogP contribution is -2.26. The molecule has 0 aliphatic heterocycles. The summed E-state index contributed by atoms with van der Waals surface area (Å²) in [6.07, 6.45) is 1.97. The number of benzene rings is 1. The lowest BCUT2D eigenvalue weighted by Gasteiger charge is -2.11. The van der Waals surface area contributed by atoms with Crippen molar-refractivity contribution in [1.29, 1.82) is 0 Å². The predicted molar refractivity (Wildman–Crippen MR) is 69.1 cm³/mol. The molecule has 0 aromatic heterocycles. The molecule has 1 rings (SSSR count). The SMILES string of the molecule is CCCC(N)CC(=O)Nc1ccc(OC)c(F)c1. The van der Waals surface area contributed by atoms with E-state index in [-0.39, 0.29) is 24.1 Å². The lowest BCUT2D eigenvalue weighted by molar-refractivity contribution is -0.116. The summed E-state index contributed by atoms with van der Waals surface area (Å²) in [5.41, 5.74) is 6.16. The number of hydrogen-bond acceptors (Lipinski definition) is 3. The zero-order chi connectivity index (χ0) is 13.5. The number of rotatable bonds is 6. The highest BCUT2D eigenvalue weighted by Crippen LogP contribution is 2.20. The molecule has 0 heterocycles. The fourth-order valence-corrected chi connectivity index (χ4v) is 1.67. The second-order valence-electron chi connectivity index (χ2n) is 4.15. The van der Waals surface area contributed by atoms with Gasteiger partial charge in [-0.25, -0.2) is 4.39 Å². The zero-order valence-corrected chi connectivity index (χ0v) is 10.7. The van der Waals surface area contributed by atoms with E-state index in [1.807, 2.05) is 6.92 Å². The predicted octanol–water partition coefficient (Wildman–Crippen LogP) is 2.29. The Balaban J connectivity index is 2.57. The van der Waals surface area contributed by atoms with E-state index in [0.29, 0.717) is 5.69 Å². The molecule has 0 fully saturated rings. The van der Waals surface area contributed by atoms with E-state index in [4.69, 9.17) is 10.5 Å². The van der Waals surface area contributed by atoms with Crippen LogP contribution in [-0.4, -0.2) is 19.1 Å². The van der Waals surface area contributed by atoms with Crippen LogP contribution in [0.25, 0.3) is 0 Å². The minimum Gasteiger partial charge on any atom is -0.494 e. The second-order valence-corrected chi connectivity index (χ2v) is 4.15. The van der Waals surface area contributed by atoms with E-state index in [1.165, 1.54) is 19.2 Å². The Bertz CT molecular complexity index is 410. The summed E-state index contributed by atoms with van der Waals surface area (Å²) in [4.78, 5) is 11.6. The van der Waals surface area contributed by atoms with Crippen molar-refractivity contribution in [2.24, 2.45) is 5.73 Å². The maximum atomic E-state index is 13.4. The molecule has 0 aliphatic carbocycles. The van der Waals surface area contributed by atoms with E-state index >= 15 is 0 Å². The van der Waals surface area contributed by atoms with E-state index in [1.54, 1.807) is 6.07 Å². The molecular weight excluding hydrogens is 235 g/mol. The molecule has 1 atom stereocenters. The molecule has 1 amide bonds. The van der Waals surface area contributed by atoms with Crippen molar-refractivity contribution in [2.75, 3.05) is 12.4 Å². The summed E-state index contributed by atoms with van der Waals surface area (Å²) in [6.45, 7) is 2.01. The highest BCUT2D eigenvalue weighted by molar-refractivity contribution is 5.91. The Morgan fingerprint density at radius 2 is 2.28 bits per heavy atom. The molecule has 18 heavy (non-hydrogen) atoms. The number of nitrogens with one attached hydrogen (secondary N) is 1. The fraction of sp³-hybridized carbons (Fsp3) is 0.462. The second kappa shape index (κ2) is 6.96. The van der Waals surface area contributed by atoms with Crippen molar-refractivity contribution in [3.8, 4) is 5.75 Å². The first-order valence-corrected chi connectivity index (χ1v) is 5.95. The van der Waals surface area contributed by atoms with Crippen LogP contribution in [0, 0.1) is 5.82 Å². The maximum absolute atomic E-state index is 13.4. The van der Waals surface area contributed by atoms with Crippen molar-refractivity contribution in [1.82, 2.24) is 0 Å². The van der Waals surface area contributed by atoms with Gasteiger partial charge in [0, 0.05) is 24.2 Å². The fourth-order valence-electron chi connectivity index (χ4n) is 1.67. The third kappa shape index (κ3) is 4.33. The molecule has 100 valence electrons. The first kappa shape index (κ1) is 14.4. The van der Waals surface area contributed by atoms with Crippen LogP contribution in [0.1, 0.15) is 26.2 Å². The first-order chi connectivity index (χ1) is 8.56. The maximum Gasteiger partial charge on any atom is 0.225 e. The van der Waals surface area contributed by atoms with Crippen molar-refractivity contribution >= 4 is 11.6 Å². The monoisotopic (exact) mass is 254 g/mol. The zero-order valence-electron chi connectivity index (χ0n) is 10.7. The van der Waals surface area contributed by atoms with Gasteiger partial charge in [-0.05, 0) is 18.6 Å². The molecule has 0 spiro atoms. The van der Waals surface area contributed by atoms with Gasteiger partial charge in [0.25, 0.3) is 0 Å². The van der Waals surface area contributed by atoms with Crippen LogP contribution in [0.2, 0.25) is 0 Å². The normalized spacial score (nSPS) is 12.0. The molecule has 4 nitrogen and oxygen atoms in total. The van der Waals surface area contributed by atoms with Gasteiger partial charge < -0.3 is 15.8 Å². The Labute approximate surface area is 106 Å². The van der Waals surface area contributed by atoms with Crippen molar-refractivity contribution < 1.29 is 13.9 Å². The topological polar surface area (TPSA) is 64.4 Å². The summed E-state index contributed by atoms with van der Waals surface area (Å²) in [6, 6.07) is 4.13. The third-order valence-electron chi connectivity index (χ3n) is 2.54. The number of carbonyl (C=O) groups is 1. The number of hydrogen-bond donors (Lipinski definition) is 2. The quantitative estimate of drug-likeness (QED) is 0.818. The first-order valence-electron chi connectivity index (χ1n) is 5.95. The summed E-state index contributed by atoms with van der Waals surface area (Å²) in [7, 11) is 1.39. The Morgan fingerprint density at radius 1 is 1.56 bits per heavy atom. The summed E-state index contributed by atoms with van der Waals surface area (Å²) >= 11 is 0. The van der Waals surface area contributed by atoms with Gasteiger partial charge in [0.1, 0.15) is 0 Å². The lowest BCUT2D eigenvalue weighted by atomic mass is 10.1. The Kier molecular flexibility index (Phi) is 5.58. The van der Waals surface area contributed by atoms with E-state index < -0.39 is 5.82 Å². The van der Waals surface area contributed by atoms with Gasteiger partial charge in [0.2, 0.25) is 5.91 Å². The summed E-state index contributed by atoms with van der Waals surface area (Å²) in [5.74, 6) is -0.565. The van der Waals surface area contributed by atoms with Crippen molar-refractivity contribution in [3.05, 3.63) is 24.0 Å². The minimum atomic E-state index is -0.506. The smallest absolute Gasteiger partial charge is 0.225 e. The molecule has 0 saturated heterocycles. The summed E-state index contributed by atoms with van der Waals surface area (Å²) in [5, 5.41) is 2.61. The molecule has 0 aliphatic rings. The molecule has 0 bridgehead atoms. The van der Waals surface area contributed by atoms with Gasteiger partial charge in [0.15, 0.2) is 11.6 Å². The molecule has 5 heteroatoms. The molecule has 1 aromatic carbocycles. The number of nitrogens with two attached hydrogens (primary N) is 1. The molecule has 1 aromatic rings. The van der Waals surface area contributed by atoms with Gasteiger partial charge in [0.05, 0.1) is 7.11 Å². The molecule has 0 saturated carbocycles. The highest BCUT2D eigenvalue weighted by atomic mass is 19.1. The van der Waals surface area contributed by atoms with E-state index in [0.717, 1.165) is 12.8 Å². The number of amides is 1. The number of anilines is 1. The van der Waals surface area contributed by atoms with Gasteiger partial charge in [-0.15, -0.1) is 0 Å². The third-order valence-corrected chi connectivity index (χ3v) is 2.54. The summed E-state index contributed by atoms with van der Waals surface area (Å²) < 4.78 is 18.2. The van der Waals surface area contributed by atoms with E-state index in [9.17, 15) is 9.18 Å². The van der Waals surface area contributed by atoms with Crippen LogP contribution in [-0.2, 0) is 4.79 Å². The van der Waals surface area contributed by atoms with Gasteiger partial charge in [-0.2, -0.15) is 0 Å². The van der Waals surface area contributed by atoms with Crippen LogP contribution in [0.15, 0.2) is 18.2 Å². The van der Waals surface area contributed by atoms with Crippen molar-refractivity contribution in [3.63, 3.8) is 0 Å². The van der Waals surface area contributed by atoms with Crippen LogP contribution >= 0.6 is 0 Å². The molecule has 1 unspecified atom stereocenters. The Hall–Kier alpha value is -1.62. The average molecular weight is 254 g/mol. The van der Waals surface area contributed by atoms with E-state index in [2.05, 4.69) is 5.32 Å². The van der Waals surface area contributed by atoms with Crippen molar-refractivity contribution in [2.45, 2.75) is 32.2 Å². The molecule has 0 radical (unpaired) electrons. The standard InChI is InChI=1S/C13H19FN2O2/c1-3-4-9(15)7-13(17)16-10-5-6-12(18-2)11(14)8-10/h5-6,8-9H,3-4,7,15H2,1-2H3,(H,16,17). The largest absolute Gasteiger partial charge is 0.494 e. The number of halogens is 1. The molecule has 3 N–H and O–H groups in total. The average Bonchev–Trinajstić information content (AvgIpc) is 2.29. The van der Waals surface area contributed by atoms with Crippen LogP contribution in [0.3, 0.4) is 0 Å². The van der Waals surface area contributed by atoms with Crippen LogP contribution in [0.4, 0.5) is 10.1 Å². The van der Waals surface area contributed by atoms with Crippen LogP contribution in [0.5, 0.6) is 5.75 Å². The number of ether oxygens (including phenoxy) is 1. The van der Waals surface area contributed by atoms with Crippen LogP contribution < -0.4 is 15.8 Å². The number of carbonyl (C=O) groups excluding carboxylic acids is 1. The molecular formula is C13H19FN2O2. The number of methoxy groups -OCH3 is 1. The van der Waals surface area contributed by atoms with Gasteiger partial charge >= 0.3 is 0 Å². The van der Waals surface area contributed by atoms with Gasteiger partial charge in [-0.3, -0.25) is 4.79 Å². The Morgan fingerprint density at radius 3 is 2.83 bits per heavy atom.